The van der Waals surface area contributed by atoms with E-state index in [1.807, 2.05) is 48.0 Å². The van der Waals surface area contributed by atoms with Gasteiger partial charge >= 0.3 is 0 Å². The third-order valence-electron chi connectivity index (χ3n) is 3.82. The summed E-state index contributed by atoms with van der Waals surface area (Å²) >= 11 is 1.59. The Morgan fingerprint density at radius 2 is 2.04 bits per heavy atom. The maximum atomic E-state index is 12.5. The summed E-state index contributed by atoms with van der Waals surface area (Å²) in [6.45, 7) is 2.49. The predicted octanol–water partition coefficient (Wildman–Crippen LogP) is 3.68. The van der Waals surface area contributed by atoms with Crippen LogP contribution in [0.25, 0.3) is 11.3 Å². The van der Waals surface area contributed by atoms with Gasteiger partial charge in [-0.2, -0.15) is 11.3 Å². The number of thiophene rings is 1. The molecule has 4 nitrogen and oxygen atoms in total. The summed E-state index contributed by atoms with van der Waals surface area (Å²) in [5, 5.41) is 3.96. The number of benzene rings is 1. The Labute approximate surface area is 144 Å². The number of aromatic nitrogens is 1. The molecule has 2 heterocycles. The second-order valence-corrected chi connectivity index (χ2v) is 6.56. The molecule has 1 N–H and O–H groups in total. The highest BCUT2D eigenvalue weighted by Crippen LogP contribution is 2.17. The number of H-pyrrole nitrogens is 1. The third kappa shape index (κ3) is 3.46. The molecule has 0 spiro atoms. The molecule has 0 saturated heterocycles. The number of pyridine rings is 1. The van der Waals surface area contributed by atoms with E-state index < -0.39 is 0 Å². The first-order valence-corrected chi connectivity index (χ1v) is 8.56. The highest BCUT2D eigenvalue weighted by molar-refractivity contribution is 7.07. The Morgan fingerprint density at radius 3 is 2.71 bits per heavy atom. The van der Waals surface area contributed by atoms with E-state index >= 15 is 0 Å². The van der Waals surface area contributed by atoms with Crippen LogP contribution >= 0.6 is 11.3 Å². The summed E-state index contributed by atoms with van der Waals surface area (Å²) < 4.78 is 0. The van der Waals surface area contributed by atoms with Gasteiger partial charge in [0, 0.05) is 19.3 Å². The Kier molecular flexibility index (Phi) is 4.62. The van der Waals surface area contributed by atoms with Gasteiger partial charge in [0.05, 0.1) is 0 Å². The van der Waals surface area contributed by atoms with Gasteiger partial charge in [-0.15, -0.1) is 0 Å². The molecule has 0 atom stereocenters. The number of carbonyl (C=O) groups excluding carboxylic acids is 1. The quantitative estimate of drug-likeness (QED) is 0.789. The fourth-order valence-electron chi connectivity index (χ4n) is 2.56. The van der Waals surface area contributed by atoms with Gasteiger partial charge in [0.15, 0.2) is 0 Å². The Morgan fingerprint density at radius 1 is 1.21 bits per heavy atom. The van der Waals surface area contributed by atoms with Crippen LogP contribution in [0.3, 0.4) is 0 Å². The Hall–Kier alpha value is -2.66. The summed E-state index contributed by atoms with van der Waals surface area (Å²) in [6.07, 6.45) is 0. The predicted molar refractivity (Wildman–Crippen MR) is 97.4 cm³/mol. The summed E-state index contributed by atoms with van der Waals surface area (Å²) in [5.41, 5.74) is 3.60. The van der Waals surface area contributed by atoms with Crippen molar-refractivity contribution in [3.63, 3.8) is 0 Å². The van der Waals surface area contributed by atoms with Gasteiger partial charge in [-0.05, 0) is 53.1 Å². The number of hydrogen-bond donors (Lipinski definition) is 1. The highest BCUT2D eigenvalue weighted by atomic mass is 32.1. The number of nitrogens with one attached hydrogen (secondary N) is 1. The topological polar surface area (TPSA) is 53.2 Å². The van der Waals surface area contributed by atoms with Crippen LogP contribution < -0.4 is 5.56 Å². The number of amides is 1. The molecular weight excluding hydrogens is 320 g/mol. The average Bonchev–Trinajstić information content (AvgIpc) is 3.07. The van der Waals surface area contributed by atoms with Gasteiger partial charge in [-0.25, -0.2) is 0 Å². The van der Waals surface area contributed by atoms with E-state index in [0.29, 0.717) is 12.2 Å². The second-order valence-electron chi connectivity index (χ2n) is 5.78. The van der Waals surface area contributed by atoms with E-state index in [-0.39, 0.29) is 17.0 Å². The lowest BCUT2D eigenvalue weighted by atomic mass is 10.1. The van der Waals surface area contributed by atoms with Crippen LogP contribution in [0.2, 0.25) is 0 Å². The van der Waals surface area contributed by atoms with Gasteiger partial charge < -0.3 is 9.88 Å². The molecule has 1 aromatic carbocycles. The lowest BCUT2D eigenvalue weighted by Gasteiger charge is -2.16. The first-order valence-electron chi connectivity index (χ1n) is 7.61. The van der Waals surface area contributed by atoms with E-state index in [4.69, 9.17) is 0 Å². The molecule has 0 aliphatic rings. The molecule has 0 unspecified atom stereocenters. The molecule has 0 saturated carbocycles. The van der Waals surface area contributed by atoms with Crippen molar-refractivity contribution < 1.29 is 4.79 Å². The van der Waals surface area contributed by atoms with Crippen molar-refractivity contribution in [3.05, 3.63) is 80.3 Å². The fourth-order valence-corrected chi connectivity index (χ4v) is 3.22. The number of nitrogens with zero attached hydrogens (tertiary/aromatic N) is 1. The number of aryl methyl sites for hydroxylation is 1. The molecular formula is C19H18N2O2S. The van der Waals surface area contributed by atoms with Gasteiger partial charge in [0.25, 0.3) is 11.5 Å². The molecule has 3 rings (SSSR count). The molecule has 5 heteroatoms. The SMILES string of the molecule is Cc1cccc(-c2ccc(C(=O)N(C)Cc3ccsc3)c(=O)[nH]2)c1. The number of hydrogen-bond acceptors (Lipinski definition) is 3. The van der Waals surface area contributed by atoms with E-state index in [9.17, 15) is 9.59 Å². The summed E-state index contributed by atoms with van der Waals surface area (Å²) in [7, 11) is 1.70. The standard InChI is InChI=1S/C19H18N2O2S/c1-13-4-3-5-15(10-13)17-7-6-16(18(22)20-17)19(23)21(2)11-14-8-9-24-12-14/h3-10,12H,11H2,1-2H3,(H,20,22). The Bertz CT molecular complexity index is 913. The molecule has 2 aromatic heterocycles. The molecule has 122 valence electrons. The van der Waals surface area contributed by atoms with Crippen molar-refractivity contribution in [1.29, 1.82) is 0 Å². The minimum atomic E-state index is -0.365. The lowest BCUT2D eigenvalue weighted by Crippen LogP contribution is -2.31. The average molecular weight is 338 g/mol. The van der Waals surface area contributed by atoms with E-state index in [0.717, 1.165) is 16.7 Å². The summed E-state index contributed by atoms with van der Waals surface area (Å²) in [6, 6.07) is 13.2. The molecule has 3 aromatic rings. The van der Waals surface area contributed by atoms with Crippen LogP contribution in [0.4, 0.5) is 0 Å². The van der Waals surface area contributed by atoms with E-state index in [1.54, 1.807) is 35.4 Å². The summed E-state index contributed by atoms with van der Waals surface area (Å²) in [4.78, 5) is 29.2. The fraction of sp³-hybridized carbons (Fsp3) is 0.158. The molecule has 0 fully saturated rings. The first kappa shape index (κ1) is 16.2. The van der Waals surface area contributed by atoms with Gasteiger partial charge in [0.1, 0.15) is 5.56 Å². The normalized spacial score (nSPS) is 10.6. The monoisotopic (exact) mass is 338 g/mol. The zero-order chi connectivity index (χ0) is 17.1. The van der Waals surface area contributed by atoms with Crippen LogP contribution in [0, 0.1) is 6.92 Å². The first-order chi connectivity index (χ1) is 11.5. The second kappa shape index (κ2) is 6.84. The van der Waals surface area contributed by atoms with Gasteiger partial charge in [-0.1, -0.05) is 23.8 Å². The number of carbonyl (C=O) groups is 1. The van der Waals surface area contributed by atoms with Crippen molar-refractivity contribution in [3.8, 4) is 11.3 Å². The smallest absolute Gasteiger partial charge is 0.261 e. The lowest BCUT2D eigenvalue weighted by molar-refractivity contribution is 0.0783. The van der Waals surface area contributed by atoms with Crippen LogP contribution in [0.1, 0.15) is 21.5 Å². The zero-order valence-electron chi connectivity index (χ0n) is 13.6. The molecule has 0 aliphatic carbocycles. The van der Waals surface area contributed by atoms with Crippen LogP contribution in [-0.2, 0) is 6.54 Å². The van der Waals surface area contributed by atoms with E-state index in [1.165, 1.54) is 0 Å². The number of rotatable bonds is 4. The van der Waals surface area contributed by atoms with Gasteiger partial charge in [-0.3, -0.25) is 9.59 Å². The molecule has 24 heavy (non-hydrogen) atoms. The minimum Gasteiger partial charge on any atom is -0.337 e. The largest absolute Gasteiger partial charge is 0.337 e. The Balaban J connectivity index is 1.84. The van der Waals surface area contributed by atoms with Crippen molar-refractivity contribution in [1.82, 2.24) is 9.88 Å². The van der Waals surface area contributed by atoms with E-state index in [2.05, 4.69) is 4.98 Å². The maximum Gasteiger partial charge on any atom is 0.261 e. The van der Waals surface area contributed by atoms with Crippen molar-refractivity contribution in [2.45, 2.75) is 13.5 Å². The zero-order valence-corrected chi connectivity index (χ0v) is 14.4. The van der Waals surface area contributed by atoms with Crippen LogP contribution in [-0.4, -0.2) is 22.8 Å². The molecule has 0 bridgehead atoms. The molecule has 0 radical (unpaired) electrons. The minimum absolute atomic E-state index is 0.157. The summed E-state index contributed by atoms with van der Waals surface area (Å²) in [5.74, 6) is -0.279. The van der Waals surface area contributed by atoms with Crippen molar-refractivity contribution >= 4 is 17.2 Å². The molecule has 1 amide bonds. The van der Waals surface area contributed by atoms with Crippen LogP contribution in [0.5, 0.6) is 0 Å². The van der Waals surface area contributed by atoms with Gasteiger partial charge in [0.2, 0.25) is 0 Å². The van der Waals surface area contributed by atoms with Crippen molar-refractivity contribution in [2.24, 2.45) is 0 Å². The number of aromatic amines is 1. The van der Waals surface area contributed by atoms with Crippen molar-refractivity contribution in [2.75, 3.05) is 7.05 Å². The third-order valence-corrected chi connectivity index (χ3v) is 4.55. The molecule has 0 aliphatic heterocycles. The van der Waals surface area contributed by atoms with Crippen LogP contribution in [0.15, 0.2) is 58.0 Å². The maximum absolute atomic E-state index is 12.5. The highest BCUT2D eigenvalue weighted by Gasteiger charge is 2.16.